The summed E-state index contributed by atoms with van der Waals surface area (Å²) >= 11 is 0. The van der Waals surface area contributed by atoms with Crippen molar-refractivity contribution in [2.75, 3.05) is 25.6 Å². The Hall–Kier alpha value is -1.69. The van der Waals surface area contributed by atoms with Gasteiger partial charge in [-0.1, -0.05) is 12.8 Å². The van der Waals surface area contributed by atoms with Crippen molar-refractivity contribution >= 4 is 11.8 Å². The lowest BCUT2D eigenvalue weighted by Gasteiger charge is -2.04. The monoisotopic (exact) mass is 253 g/mol. The van der Waals surface area contributed by atoms with Crippen molar-refractivity contribution in [3.8, 4) is 0 Å². The van der Waals surface area contributed by atoms with Crippen LogP contribution in [-0.2, 0) is 4.74 Å². The van der Waals surface area contributed by atoms with Gasteiger partial charge >= 0.3 is 5.97 Å². The number of rotatable bonds is 8. The second-order valence-electron chi connectivity index (χ2n) is 3.86. The highest BCUT2D eigenvalue weighted by Crippen LogP contribution is 2.04. The second-order valence-corrected chi connectivity index (χ2v) is 3.86. The van der Waals surface area contributed by atoms with E-state index in [4.69, 9.17) is 5.11 Å². The molecule has 0 fully saturated rings. The average Bonchev–Trinajstić information content (AvgIpc) is 2.42. The van der Waals surface area contributed by atoms with Crippen molar-refractivity contribution < 1.29 is 14.6 Å². The van der Waals surface area contributed by atoms with Gasteiger partial charge in [-0.25, -0.2) is 4.79 Å². The van der Waals surface area contributed by atoms with Gasteiger partial charge in [0, 0.05) is 13.2 Å². The molecule has 18 heavy (non-hydrogen) atoms. The summed E-state index contributed by atoms with van der Waals surface area (Å²) in [5.41, 5.74) is 0.200. The summed E-state index contributed by atoms with van der Waals surface area (Å²) < 4.78 is 4.53. The van der Waals surface area contributed by atoms with Gasteiger partial charge in [-0.15, -0.1) is 10.2 Å². The fourth-order valence-corrected chi connectivity index (χ4v) is 1.45. The van der Waals surface area contributed by atoms with Crippen molar-refractivity contribution in [2.24, 2.45) is 0 Å². The number of carbonyl (C=O) groups is 1. The van der Waals surface area contributed by atoms with Gasteiger partial charge in [0.2, 0.25) is 0 Å². The molecule has 0 spiro atoms. The zero-order valence-electron chi connectivity index (χ0n) is 10.6. The number of unbranched alkanes of at least 4 members (excludes halogenated alkanes) is 3. The molecule has 0 amide bonds. The van der Waals surface area contributed by atoms with Crippen LogP contribution in [0.3, 0.4) is 0 Å². The van der Waals surface area contributed by atoms with Gasteiger partial charge in [-0.2, -0.15) is 0 Å². The first-order valence-electron chi connectivity index (χ1n) is 6.04. The smallest absolute Gasteiger partial charge is 0.358 e. The highest BCUT2D eigenvalue weighted by molar-refractivity contribution is 5.86. The fraction of sp³-hybridized carbons (Fsp3) is 0.583. The maximum Gasteiger partial charge on any atom is 0.358 e. The zero-order chi connectivity index (χ0) is 13.2. The molecule has 0 radical (unpaired) electrons. The van der Waals surface area contributed by atoms with Crippen LogP contribution in [0.5, 0.6) is 0 Å². The molecule has 0 saturated heterocycles. The molecule has 1 aromatic rings. The lowest BCUT2D eigenvalue weighted by Crippen LogP contribution is -2.08. The first kappa shape index (κ1) is 14.4. The molecule has 0 aliphatic heterocycles. The van der Waals surface area contributed by atoms with Gasteiger partial charge in [0.05, 0.1) is 7.11 Å². The van der Waals surface area contributed by atoms with E-state index in [0.717, 1.165) is 32.2 Å². The Balaban J connectivity index is 2.25. The summed E-state index contributed by atoms with van der Waals surface area (Å²) in [5.74, 6) is 0.155. The Bertz CT molecular complexity index is 354. The third-order valence-corrected chi connectivity index (χ3v) is 2.45. The minimum absolute atomic E-state index is 0.200. The van der Waals surface area contributed by atoms with Crippen LogP contribution in [0.4, 0.5) is 5.82 Å². The van der Waals surface area contributed by atoms with Crippen LogP contribution in [0.2, 0.25) is 0 Å². The highest BCUT2D eigenvalue weighted by atomic mass is 16.5. The van der Waals surface area contributed by atoms with Crippen LogP contribution in [0.15, 0.2) is 12.1 Å². The predicted molar refractivity (Wildman–Crippen MR) is 67.4 cm³/mol. The molecule has 0 saturated carbocycles. The minimum Gasteiger partial charge on any atom is -0.464 e. The number of aliphatic hydroxyl groups excluding tert-OH is 1. The van der Waals surface area contributed by atoms with E-state index < -0.39 is 5.97 Å². The molecule has 1 aromatic heterocycles. The average molecular weight is 253 g/mol. The number of aliphatic hydroxyl groups is 1. The maximum atomic E-state index is 11.1. The number of nitrogens with one attached hydrogen (secondary N) is 1. The molecule has 0 unspecified atom stereocenters. The van der Waals surface area contributed by atoms with E-state index in [1.807, 2.05) is 0 Å². The van der Waals surface area contributed by atoms with Gasteiger partial charge in [0.15, 0.2) is 5.69 Å². The van der Waals surface area contributed by atoms with Crippen LogP contribution in [0.1, 0.15) is 36.2 Å². The van der Waals surface area contributed by atoms with Crippen molar-refractivity contribution in [1.29, 1.82) is 0 Å². The van der Waals surface area contributed by atoms with Crippen LogP contribution < -0.4 is 5.32 Å². The first-order valence-corrected chi connectivity index (χ1v) is 6.04. The third kappa shape index (κ3) is 5.09. The molecule has 0 aliphatic carbocycles. The largest absolute Gasteiger partial charge is 0.464 e. The van der Waals surface area contributed by atoms with Crippen molar-refractivity contribution in [1.82, 2.24) is 10.2 Å². The first-order chi connectivity index (χ1) is 8.77. The molecular weight excluding hydrogens is 234 g/mol. The Kier molecular flexibility index (Phi) is 6.71. The number of nitrogens with zero attached hydrogens (tertiary/aromatic N) is 2. The Morgan fingerprint density at radius 2 is 2.06 bits per heavy atom. The molecule has 6 nitrogen and oxygen atoms in total. The predicted octanol–water partition coefficient (Wildman–Crippen LogP) is 1.23. The van der Waals surface area contributed by atoms with Crippen LogP contribution in [-0.4, -0.2) is 41.5 Å². The number of carbonyl (C=O) groups excluding carboxylic acids is 1. The lowest BCUT2D eigenvalue weighted by molar-refractivity contribution is 0.0593. The van der Waals surface area contributed by atoms with E-state index in [9.17, 15) is 4.79 Å². The SMILES string of the molecule is COC(=O)c1ccc(NCCCCCCO)nn1. The highest BCUT2D eigenvalue weighted by Gasteiger charge is 2.06. The van der Waals surface area contributed by atoms with Gasteiger partial charge < -0.3 is 15.2 Å². The molecule has 1 heterocycles. The Morgan fingerprint density at radius 3 is 2.67 bits per heavy atom. The summed E-state index contributed by atoms with van der Waals surface area (Å²) in [7, 11) is 1.31. The number of aromatic nitrogens is 2. The maximum absolute atomic E-state index is 11.1. The van der Waals surface area contributed by atoms with E-state index in [1.165, 1.54) is 7.11 Å². The number of esters is 1. The lowest BCUT2D eigenvalue weighted by atomic mass is 10.2. The normalized spacial score (nSPS) is 10.1. The van der Waals surface area contributed by atoms with E-state index in [-0.39, 0.29) is 12.3 Å². The summed E-state index contributed by atoms with van der Waals surface area (Å²) in [6.45, 7) is 1.06. The molecule has 100 valence electrons. The van der Waals surface area contributed by atoms with Gasteiger partial charge in [0.1, 0.15) is 5.82 Å². The molecule has 0 aliphatic rings. The second kappa shape index (κ2) is 8.41. The van der Waals surface area contributed by atoms with E-state index >= 15 is 0 Å². The number of methoxy groups -OCH3 is 1. The molecular formula is C12H19N3O3. The summed E-state index contributed by atoms with van der Waals surface area (Å²) in [6.07, 6.45) is 3.97. The van der Waals surface area contributed by atoms with Crippen molar-refractivity contribution in [3.63, 3.8) is 0 Å². The topological polar surface area (TPSA) is 84.3 Å². The minimum atomic E-state index is -0.488. The quantitative estimate of drug-likeness (QED) is 0.535. The van der Waals surface area contributed by atoms with Crippen molar-refractivity contribution in [2.45, 2.75) is 25.7 Å². The third-order valence-electron chi connectivity index (χ3n) is 2.45. The van der Waals surface area contributed by atoms with Gasteiger partial charge in [-0.3, -0.25) is 0 Å². The summed E-state index contributed by atoms with van der Waals surface area (Å²) in [4.78, 5) is 11.1. The molecule has 1 rings (SSSR count). The van der Waals surface area contributed by atoms with Crippen LogP contribution >= 0.6 is 0 Å². The Labute approximate surface area is 106 Å². The Morgan fingerprint density at radius 1 is 1.28 bits per heavy atom. The number of anilines is 1. The van der Waals surface area contributed by atoms with Gasteiger partial charge in [-0.05, 0) is 25.0 Å². The van der Waals surface area contributed by atoms with Gasteiger partial charge in [0.25, 0.3) is 0 Å². The molecule has 0 aromatic carbocycles. The fourth-order valence-electron chi connectivity index (χ4n) is 1.45. The number of ether oxygens (including phenoxy) is 1. The number of hydrogen-bond donors (Lipinski definition) is 2. The summed E-state index contributed by atoms with van der Waals surface area (Å²) in [5, 5.41) is 19.4. The van der Waals surface area contributed by atoms with E-state index in [1.54, 1.807) is 12.1 Å². The van der Waals surface area contributed by atoms with Crippen LogP contribution in [0.25, 0.3) is 0 Å². The van der Waals surface area contributed by atoms with E-state index in [0.29, 0.717) is 5.82 Å². The van der Waals surface area contributed by atoms with Crippen LogP contribution in [0, 0.1) is 0 Å². The molecule has 2 N–H and O–H groups in total. The zero-order valence-corrected chi connectivity index (χ0v) is 10.6. The molecule has 0 atom stereocenters. The molecule has 0 bridgehead atoms. The standard InChI is InChI=1S/C12H19N3O3/c1-18-12(17)10-6-7-11(15-14-10)13-8-4-2-3-5-9-16/h6-7,16H,2-5,8-9H2,1H3,(H,13,15). The van der Waals surface area contributed by atoms with Crippen molar-refractivity contribution in [3.05, 3.63) is 17.8 Å². The molecule has 6 heteroatoms. The summed E-state index contributed by atoms with van der Waals surface area (Å²) in [6, 6.07) is 3.28. The number of hydrogen-bond acceptors (Lipinski definition) is 6. The van der Waals surface area contributed by atoms with E-state index in [2.05, 4.69) is 20.3 Å².